The fourth-order valence-corrected chi connectivity index (χ4v) is 1.32. The molecule has 0 saturated carbocycles. The minimum absolute atomic E-state index is 0.0180. The standard InChI is InChI=1S/C12H28N2O/c1-12(2,3)11(15)10-14(6)9-7-8-13(4)5/h11,15H,7-10H2,1-6H3. The molecule has 0 heterocycles. The Morgan fingerprint density at radius 2 is 1.60 bits per heavy atom. The highest BCUT2D eigenvalue weighted by atomic mass is 16.3. The van der Waals surface area contributed by atoms with E-state index in [0.29, 0.717) is 0 Å². The zero-order valence-electron chi connectivity index (χ0n) is 11.2. The van der Waals surface area contributed by atoms with E-state index in [-0.39, 0.29) is 11.5 Å². The summed E-state index contributed by atoms with van der Waals surface area (Å²) >= 11 is 0. The Bertz CT molecular complexity index is 163. The SMILES string of the molecule is CN(C)CCCN(C)CC(O)C(C)(C)C. The van der Waals surface area contributed by atoms with Crippen LogP contribution in [0.2, 0.25) is 0 Å². The third kappa shape index (κ3) is 7.77. The fourth-order valence-electron chi connectivity index (χ4n) is 1.32. The summed E-state index contributed by atoms with van der Waals surface area (Å²) in [7, 11) is 6.25. The van der Waals surface area contributed by atoms with Gasteiger partial charge in [-0.25, -0.2) is 0 Å². The molecule has 0 rings (SSSR count). The lowest BCUT2D eigenvalue weighted by Crippen LogP contribution is -2.38. The molecule has 0 aromatic rings. The van der Waals surface area contributed by atoms with Crippen molar-refractivity contribution in [1.82, 2.24) is 9.80 Å². The van der Waals surface area contributed by atoms with Gasteiger partial charge in [-0.3, -0.25) is 0 Å². The molecule has 1 unspecified atom stereocenters. The van der Waals surface area contributed by atoms with Crippen LogP contribution in [0.5, 0.6) is 0 Å². The van der Waals surface area contributed by atoms with Gasteiger partial charge >= 0.3 is 0 Å². The molecule has 0 aromatic heterocycles. The van der Waals surface area contributed by atoms with Gasteiger partial charge in [-0.05, 0) is 46.1 Å². The molecule has 0 aliphatic rings. The first-order valence-corrected chi connectivity index (χ1v) is 5.75. The third-order valence-electron chi connectivity index (χ3n) is 2.63. The normalized spacial score (nSPS) is 15.0. The highest BCUT2D eigenvalue weighted by molar-refractivity contribution is 4.75. The van der Waals surface area contributed by atoms with Gasteiger partial charge in [0, 0.05) is 6.54 Å². The second-order valence-corrected chi connectivity index (χ2v) is 5.80. The van der Waals surface area contributed by atoms with Crippen LogP contribution in [-0.4, -0.2) is 61.8 Å². The monoisotopic (exact) mass is 216 g/mol. The molecule has 0 radical (unpaired) electrons. The van der Waals surface area contributed by atoms with Crippen molar-refractivity contribution >= 4 is 0 Å². The second-order valence-electron chi connectivity index (χ2n) is 5.80. The Hall–Kier alpha value is -0.120. The van der Waals surface area contributed by atoms with Gasteiger partial charge in [0.05, 0.1) is 6.10 Å². The van der Waals surface area contributed by atoms with Gasteiger partial charge in [-0.2, -0.15) is 0 Å². The van der Waals surface area contributed by atoms with Crippen LogP contribution in [0, 0.1) is 5.41 Å². The highest BCUT2D eigenvalue weighted by Crippen LogP contribution is 2.19. The number of nitrogens with zero attached hydrogens (tertiary/aromatic N) is 2. The molecule has 0 saturated heterocycles. The van der Waals surface area contributed by atoms with E-state index in [1.807, 2.05) is 0 Å². The van der Waals surface area contributed by atoms with Crippen molar-refractivity contribution in [2.45, 2.75) is 33.3 Å². The summed E-state index contributed by atoms with van der Waals surface area (Å²) in [6.45, 7) is 9.14. The smallest absolute Gasteiger partial charge is 0.0715 e. The molecule has 92 valence electrons. The van der Waals surface area contributed by atoms with Gasteiger partial charge in [0.15, 0.2) is 0 Å². The number of likely N-dealkylation sites (N-methyl/N-ethyl adjacent to an activating group) is 1. The quantitative estimate of drug-likeness (QED) is 0.724. The first-order valence-electron chi connectivity index (χ1n) is 5.75. The number of hydrogen-bond acceptors (Lipinski definition) is 3. The molecule has 3 heteroatoms. The summed E-state index contributed by atoms with van der Waals surface area (Å²) in [5, 5.41) is 9.91. The van der Waals surface area contributed by atoms with Crippen LogP contribution in [-0.2, 0) is 0 Å². The number of aliphatic hydroxyl groups is 1. The maximum absolute atomic E-state index is 9.91. The van der Waals surface area contributed by atoms with Gasteiger partial charge in [0.25, 0.3) is 0 Å². The molecule has 15 heavy (non-hydrogen) atoms. The number of hydrogen-bond donors (Lipinski definition) is 1. The molecular formula is C12H28N2O. The second kappa shape index (κ2) is 6.46. The lowest BCUT2D eigenvalue weighted by molar-refractivity contribution is 0.0345. The molecule has 0 aliphatic carbocycles. The molecule has 1 atom stereocenters. The third-order valence-corrected chi connectivity index (χ3v) is 2.63. The van der Waals surface area contributed by atoms with Crippen molar-refractivity contribution in [3.05, 3.63) is 0 Å². The summed E-state index contributed by atoms with van der Waals surface area (Å²) in [6, 6.07) is 0. The molecule has 0 fully saturated rings. The first kappa shape index (κ1) is 14.9. The van der Waals surface area contributed by atoms with E-state index in [1.54, 1.807) is 0 Å². The molecular weight excluding hydrogens is 188 g/mol. The molecule has 0 amide bonds. The Morgan fingerprint density at radius 1 is 1.07 bits per heavy atom. The Labute approximate surface area is 95.1 Å². The minimum atomic E-state index is -0.248. The van der Waals surface area contributed by atoms with Gasteiger partial charge in [0.1, 0.15) is 0 Å². The fraction of sp³-hybridized carbons (Fsp3) is 1.00. The maximum Gasteiger partial charge on any atom is 0.0715 e. The Balaban J connectivity index is 3.69. The molecule has 0 aliphatic heterocycles. The maximum atomic E-state index is 9.91. The van der Waals surface area contributed by atoms with Crippen LogP contribution in [0.25, 0.3) is 0 Å². The molecule has 0 spiro atoms. The van der Waals surface area contributed by atoms with E-state index in [4.69, 9.17) is 0 Å². The van der Waals surface area contributed by atoms with Crippen LogP contribution >= 0.6 is 0 Å². The van der Waals surface area contributed by atoms with E-state index in [2.05, 4.69) is 51.7 Å². The Kier molecular flexibility index (Phi) is 6.41. The lowest BCUT2D eigenvalue weighted by atomic mass is 9.89. The largest absolute Gasteiger partial charge is 0.391 e. The van der Waals surface area contributed by atoms with E-state index in [1.165, 1.54) is 0 Å². The van der Waals surface area contributed by atoms with Crippen LogP contribution in [0.4, 0.5) is 0 Å². The molecule has 1 N–H and O–H groups in total. The zero-order valence-corrected chi connectivity index (χ0v) is 11.2. The summed E-state index contributed by atoms with van der Waals surface area (Å²) in [6.07, 6.45) is 0.905. The van der Waals surface area contributed by atoms with Crippen molar-refractivity contribution in [2.75, 3.05) is 40.8 Å². The van der Waals surface area contributed by atoms with Gasteiger partial charge in [0.2, 0.25) is 0 Å². The number of rotatable bonds is 6. The van der Waals surface area contributed by atoms with Crippen molar-refractivity contribution in [1.29, 1.82) is 0 Å². The van der Waals surface area contributed by atoms with Crippen molar-refractivity contribution in [2.24, 2.45) is 5.41 Å². The van der Waals surface area contributed by atoms with E-state index < -0.39 is 0 Å². The number of aliphatic hydroxyl groups excluding tert-OH is 1. The van der Waals surface area contributed by atoms with Crippen LogP contribution in [0.3, 0.4) is 0 Å². The Morgan fingerprint density at radius 3 is 2.00 bits per heavy atom. The van der Waals surface area contributed by atoms with Crippen LogP contribution in [0.15, 0.2) is 0 Å². The molecule has 3 nitrogen and oxygen atoms in total. The minimum Gasteiger partial charge on any atom is -0.391 e. The van der Waals surface area contributed by atoms with Crippen molar-refractivity contribution in [3.8, 4) is 0 Å². The topological polar surface area (TPSA) is 26.7 Å². The molecule has 0 aromatic carbocycles. The van der Waals surface area contributed by atoms with Crippen LogP contribution in [0.1, 0.15) is 27.2 Å². The predicted octanol–water partition coefficient (Wildman–Crippen LogP) is 1.28. The highest BCUT2D eigenvalue weighted by Gasteiger charge is 2.22. The predicted molar refractivity (Wildman–Crippen MR) is 66.1 cm³/mol. The van der Waals surface area contributed by atoms with Crippen molar-refractivity contribution in [3.63, 3.8) is 0 Å². The van der Waals surface area contributed by atoms with E-state index in [0.717, 1.165) is 26.1 Å². The molecule has 0 bridgehead atoms. The summed E-state index contributed by atoms with van der Waals surface area (Å²) in [5.41, 5.74) is -0.0180. The average Bonchev–Trinajstić information content (AvgIpc) is 2.01. The van der Waals surface area contributed by atoms with Gasteiger partial charge < -0.3 is 14.9 Å². The van der Waals surface area contributed by atoms with Crippen molar-refractivity contribution < 1.29 is 5.11 Å². The van der Waals surface area contributed by atoms with Crippen LogP contribution < -0.4 is 0 Å². The summed E-state index contributed by atoms with van der Waals surface area (Å²) in [4.78, 5) is 4.40. The summed E-state index contributed by atoms with van der Waals surface area (Å²) in [5.74, 6) is 0. The van der Waals surface area contributed by atoms with Gasteiger partial charge in [-0.15, -0.1) is 0 Å². The van der Waals surface area contributed by atoms with Gasteiger partial charge in [-0.1, -0.05) is 20.8 Å². The van der Waals surface area contributed by atoms with E-state index in [9.17, 15) is 5.11 Å². The lowest BCUT2D eigenvalue weighted by Gasteiger charge is -2.30. The average molecular weight is 216 g/mol. The first-order chi connectivity index (χ1) is 6.73. The van der Waals surface area contributed by atoms with E-state index >= 15 is 0 Å². The summed E-state index contributed by atoms with van der Waals surface area (Å²) < 4.78 is 0. The zero-order chi connectivity index (χ0) is 12.1.